The van der Waals surface area contributed by atoms with Crippen LogP contribution in [-0.2, 0) is 14.6 Å². The smallest absolute Gasteiger partial charge is 0.320 e. The van der Waals surface area contributed by atoms with Gasteiger partial charge in [-0.05, 0) is 0 Å². The van der Waals surface area contributed by atoms with Crippen molar-refractivity contribution < 1.29 is 23.4 Å². The minimum absolute atomic E-state index is 0.346. The van der Waals surface area contributed by atoms with Gasteiger partial charge in [0.1, 0.15) is 6.04 Å². The highest BCUT2D eigenvalue weighted by Crippen LogP contribution is 2.21. The lowest BCUT2D eigenvalue weighted by molar-refractivity contribution is -0.140. The van der Waals surface area contributed by atoms with E-state index in [9.17, 15) is 18.3 Å². The second-order valence-electron chi connectivity index (χ2n) is 3.17. The van der Waals surface area contributed by atoms with E-state index in [1.165, 1.54) is 0 Å². The molecule has 1 aliphatic rings. The van der Waals surface area contributed by atoms with Crippen molar-refractivity contribution in [2.75, 3.05) is 11.5 Å². The van der Waals surface area contributed by atoms with Crippen LogP contribution in [0.25, 0.3) is 0 Å². The van der Waals surface area contributed by atoms with Gasteiger partial charge in [0, 0.05) is 5.92 Å². The zero-order valence-electron chi connectivity index (χ0n) is 6.75. The second-order valence-corrected chi connectivity index (χ2v) is 5.33. The largest absolute Gasteiger partial charge is 0.480 e. The summed E-state index contributed by atoms with van der Waals surface area (Å²) < 4.78 is 21.9. The molecule has 6 nitrogen and oxygen atoms in total. The van der Waals surface area contributed by atoms with Crippen molar-refractivity contribution in [2.24, 2.45) is 11.7 Å². The van der Waals surface area contributed by atoms with E-state index in [0.29, 0.717) is 0 Å². The first-order chi connectivity index (χ1) is 5.83. The third-order valence-corrected chi connectivity index (χ3v) is 3.85. The average molecular weight is 209 g/mol. The van der Waals surface area contributed by atoms with Gasteiger partial charge in [0.25, 0.3) is 0 Å². The summed E-state index contributed by atoms with van der Waals surface area (Å²) in [6.07, 6.45) is -1.16. The van der Waals surface area contributed by atoms with Crippen LogP contribution < -0.4 is 5.73 Å². The topological polar surface area (TPSA) is 118 Å². The fourth-order valence-corrected chi connectivity index (χ4v) is 3.30. The summed E-state index contributed by atoms with van der Waals surface area (Å²) >= 11 is 0. The van der Waals surface area contributed by atoms with Crippen LogP contribution in [0.1, 0.15) is 0 Å². The van der Waals surface area contributed by atoms with Crippen molar-refractivity contribution >= 4 is 15.8 Å². The van der Waals surface area contributed by atoms with Gasteiger partial charge in [-0.2, -0.15) is 0 Å². The zero-order chi connectivity index (χ0) is 10.2. The number of hydrogen-bond donors (Lipinski definition) is 3. The summed E-state index contributed by atoms with van der Waals surface area (Å²) in [6.45, 7) is 0. The molecule has 0 aliphatic carbocycles. The van der Waals surface area contributed by atoms with Crippen molar-refractivity contribution in [3.8, 4) is 0 Å². The number of nitrogens with two attached hydrogens (primary N) is 1. The summed E-state index contributed by atoms with van der Waals surface area (Å²) in [5, 5.41) is 17.7. The summed E-state index contributed by atoms with van der Waals surface area (Å²) in [6, 6.07) is -1.31. The molecular formula is C6H11NO5S. The fraction of sp³-hybridized carbons (Fsp3) is 0.833. The van der Waals surface area contributed by atoms with Crippen molar-refractivity contribution in [2.45, 2.75) is 12.1 Å². The highest BCUT2D eigenvalue weighted by molar-refractivity contribution is 7.91. The number of carboxylic acids is 1. The van der Waals surface area contributed by atoms with Gasteiger partial charge in [0.2, 0.25) is 0 Å². The molecule has 0 aromatic rings. The Hall–Kier alpha value is -0.660. The Balaban J connectivity index is 2.79. The molecule has 1 saturated heterocycles. The molecule has 1 rings (SSSR count). The Bertz CT molecular complexity index is 311. The third kappa shape index (κ3) is 2.17. The van der Waals surface area contributed by atoms with Crippen LogP contribution in [0.4, 0.5) is 0 Å². The van der Waals surface area contributed by atoms with Crippen LogP contribution in [0.5, 0.6) is 0 Å². The SMILES string of the molecule is NC(C(=O)O)C1CS(=O)(=O)CC1O. The molecule has 1 heterocycles. The molecule has 13 heavy (non-hydrogen) atoms. The number of carbonyl (C=O) groups is 1. The molecule has 3 atom stereocenters. The molecule has 7 heteroatoms. The number of sulfone groups is 1. The Kier molecular flexibility index (Phi) is 2.60. The molecule has 3 unspecified atom stereocenters. The van der Waals surface area contributed by atoms with Crippen LogP contribution in [0.2, 0.25) is 0 Å². The monoisotopic (exact) mass is 209 g/mol. The first kappa shape index (κ1) is 10.4. The summed E-state index contributed by atoms with van der Waals surface area (Å²) in [5.41, 5.74) is 5.21. The summed E-state index contributed by atoms with van der Waals surface area (Å²) in [7, 11) is -3.32. The van der Waals surface area contributed by atoms with Gasteiger partial charge >= 0.3 is 5.97 Å². The lowest BCUT2D eigenvalue weighted by Crippen LogP contribution is -2.43. The van der Waals surface area contributed by atoms with E-state index in [-0.39, 0.29) is 5.75 Å². The predicted octanol–water partition coefficient (Wildman–Crippen LogP) is -2.20. The van der Waals surface area contributed by atoms with Gasteiger partial charge < -0.3 is 15.9 Å². The molecule has 1 aliphatic heterocycles. The molecule has 0 spiro atoms. The first-order valence-electron chi connectivity index (χ1n) is 3.70. The van der Waals surface area contributed by atoms with E-state index in [1.807, 2.05) is 0 Å². The molecule has 4 N–H and O–H groups in total. The third-order valence-electron chi connectivity index (χ3n) is 2.11. The first-order valence-corrected chi connectivity index (χ1v) is 5.52. The molecule has 0 radical (unpaired) electrons. The van der Waals surface area contributed by atoms with Crippen LogP contribution in [0.3, 0.4) is 0 Å². The number of carboxylic acid groups (broad SMARTS) is 1. The molecular weight excluding hydrogens is 198 g/mol. The summed E-state index contributed by atoms with van der Waals surface area (Å²) in [4.78, 5) is 10.4. The molecule has 76 valence electrons. The summed E-state index contributed by atoms with van der Waals surface area (Å²) in [5.74, 6) is -2.91. The molecule has 0 bridgehead atoms. The van der Waals surface area contributed by atoms with Gasteiger partial charge in [0.15, 0.2) is 9.84 Å². The second kappa shape index (κ2) is 3.24. The van der Waals surface area contributed by atoms with Crippen molar-refractivity contribution in [1.29, 1.82) is 0 Å². The van der Waals surface area contributed by atoms with E-state index in [0.717, 1.165) is 0 Å². The van der Waals surface area contributed by atoms with E-state index >= 15 is 0 Å². The minimum atomic E-state index is -3.32. The molecule has 0 aromatic carbocycles. The standard InChI is InChI=1S/C6H11NO5S/c7-5(6(9)10)3-1-13(11,12)2-4(3)8/h3-5,8H,1-2,7H2,(H,9,10). The van der Waals surface area contributed by atoms with Crippen molar-refractivity contribution in [3.05, 3.63) is 0 Å². The average Bonchev–Trinajstić information content (AvgIpc) is 2.22. The maximum atomic E-state index is 11.0. The quantitative estimate of drug-likeness (QED) is 0.475. The van der Waals surface area contributed by atoms with Gasteiger partial charge in [0.05, 0.1) is 17.6 Å². The van der Waals surface area contributed by atoms with Crippen LogP contribution in [-0.4, -0.2) is 48.3 Å². The molecule has 0 saturated carbocycles. The Morgan fingerprint density at radius 1 is 1.46 bits per heavy atom. The Labute approximate surface area is 75.3 Å². The number of aliphatic hydroxyl groups is 1. The predicted molar refractivity (Wildman–Crippen MR) is 43.8 cm³/mol. The molecule has 0 aromatic heterocycles. The number of aliphatic carboxylic acids is 1. The van der Waals surface area contributed by atoms with Gasteiger partial charge in [-0.3, -0.25) is 4.79 Å². The maximum Gasteiger partial charge on any atom is 0.320 e. The van der Waals surface area contributed by atoms with E-state index in [4.69, 9.17) is 10.8 Å². The number of aliphatic hydroxyl groups excluding tert-OH is 1. The maximum absolute atomic E-state index is 11.0. The lowest BCUT2D eigenvalue weighted by atomic mass is 9.98. The van der Waals surface area contributed by atoms with Gasteiger partial charge in [-0.15, -0.1) is 0 Å². The number of hydrogen-bond acceptors (Lipinski definition) is 5. The van der Waals surface area contributed by atoms with E-state index in [1.54, 1.807) is 0 Å². The van der Waals surface area contributed by atoms with E-state index < -0.39 is 39.6 Å². The fourth-order valence-electron chi connectivity index (χ4n) is 1.38. The normalized spacial score (nSPS) is 34.3. The minimum Gasteiger partial charge on any atom is -0.480 e. The van der Waals surface area contributed by atoms with E-state index in [2.05, 4.69) is 0 Å². The Morgan fingerprint density at radius 2 is 2.00 bits per heavy atom. The van der Waals surface area contributed by atoms with Gasteiger partial charge in [-0.1, -0.05) is 0 Å². The van der Waals surface area contributed by atoms with Crippen molar-refractivity contribution in [1.82, 2.24) is 0 Å². The zero-order valence-corrected chi connectivity index (χ0v) is 7.57. The number of rotatable bonds is 2. The van der Waals surface area contributed by atoms with Gasteiger partial charge in [-0.25, -0.2) is 8.42 Å². The molecule has 0 amide bonds. The molecule has 1 fully saturated rings. The van der Waals surface area contributed by atoms with Crippen LogP contribution in [0, 0.1) is 5.92 Å². The lowest BCUT2D eigenvalue weighted by Gasteiger charge is -2.16. The highest BCUT2D eigenvalue weighted by Gasteiger charge is 2.42. The highest BCUT2D eigenvalue weighted by atomic mass is 32.2. The Morgan fingerprint density at radius 3 is 2.31 bits per heavy atom. The van der Waals surface area contributed by atoms with Crippen LogP contribution >= 0.6 is 0 Å². The van der Waals surface area contributed by atoms with Crippen molar-refractivity contribution in [3.63, 3.8) is 0 Å². The van der Waals surface area contributed by atoms with Crippen LogP contribution in [0.15, 0.2) is 0 Å².